The molecule has 0 saturated heterocycles. The lowest BCUT2D eigenvalue weighted by molar-refractivity contribution is 0.0574. The maximum atomic E-state index is 12.9. The van der Waals surface area contributed by atoms with Crippen molar-refractivity contribution >= 4 is 13.3 Å². The van der Waals surface area contributed by atoms with Crippen molar-refractivity contribution < 1.29 is 23.1 Å². The molecule has 22 heavy (non-hydrogen) atoms. The lowest BCUT2D eigenvalue weighted by Crippen LogP contribution is -2.32. The molecule has 0 saturated carbocycles. The van der Waals surface area contributed by atoms with Gasteiger partial charge in [-0.2, -0.15) is 0 Å². The standard InChI is InChI=1S/C16H21O5P/c1-10-14(4,5)19-13(17)22(18,20-15(6,7)11-2)21-16(8,9)12-3/h1-3H,4-9H3. The number of carbonyl (C=O) groups excluding carboxylic acids is 1. The van der Waals surface area contributed by atoms with Crippen LogP contribution >= 0.6 is 7.60 Å². The van der Waals surface area contributed by atoms with E-state index in [9.17, 15) is 9.36 Å². The third kappa shape index (κ3) is 5.97. The Morgan fingerprint density at radius 3 is 1.41 bits per heavy atom. The summed E-state index contributed by atoms with van der Waals surface area (Å²) in [5.41, 5.74) is -5.21. The molecule has 0 aliphatic carbocycles. The average molecular weight is 324 g/mol. The topological polar surface area (TPSA) is 61.8 Å². The fourth-order valence-electron chi connectivity index (χ4n) is 1.05. The lowest BCUT2D eigenvalue weighted by atomic mass is 10.2. The van der Waals surface area contributed by atoms with Gasteiger partial charge in [0.1, 0.15) is 11.2 Å². The second-order valence-corrected chi connectivity index (χ2v) is 7.74. The summed E-state index contributed by atoms with van der Waals surface area (Å²) in [6.45, 7) is 8.70. The van der Waals surface area contributed by atoms with Gasteiger partial charge in [-0.3, -0.25) is 9.05 Å². The first-order valence-corrected chi connectivity index (χ1v) is 7.95. The highest BCUT2D eigenvalue weighted by atomic mass is 31.2. The summed E-state index contributed by atoms with van der Waals surface area (Å²) in [6, 6.07) is 0. The second-order valence-electron chi connectivity index (χ2n) is 6.01. The predicted octanol–water partition coefficient (Wildman–Crippen LogP) is 3.58. The number of hydrogen-bond donors (Lipinski definition) is 0. The maximum absolute atomic E-state index is 12.9. The zero-order valence-corrected chi connectivity index (χ0v) is 14.6. The fraction of sp³-hybridized carbons (Fsp3) is 0.562. The molecule has 0 radical (unpaired) electrons. The van der Waals surface area contributed by atoms with Crippen molar-refractivity contribution in [3.8, 4) is 37.0 Å². The van der Waals surface area contributed by atoms with Gasteiger partial charge in [0.15, 0.2) is 5.60 Å². The number of rotatable bonds is 6. The van der Waals surface area contributed by atoms with Crippen LogP contribution in [-0.4, -0.2) is 22.5 Å². The highest BCUT2D eigenvalue weighted by molar-refractivity contribution is 7.71. The summed E-state index contributed by atoms with van der Waals surface area (Å²) < 4.78 is 28.3. The summed E-state index contributed by atoms with van der Waals surface area (Å²) in [6.07, 6.45) is 15.8. The zero-order valence-electron chi connectivity index (χ0n) is 13.7. The van der Waals surface area contributed by atoms with E-state index in [2.05, 4.69) is 17.8 Å². The van der Waals surface area contributed by atoms with E-state index in [0.717, 1.165) is 0 Å². The van der Waals surface area contributed by atoms with Gasteiger partial charge in [-0.15, -0.1) is 19.3 Å². The summed E-state index contributed by atoms with van der Waals surface area (Å²) in [5, 5.41) is 0. The molecule has 0 spiro atoms. The molecule has 0 aliphatic rings. The zero-order chi connectivity index (χ0) is 17.8. The molecule has 5 nitrogen and oxygen atoms in total. The number of terminal acetylenes is 3. The first kappa shape index (κ1) is 20.3. The molecule has 0 heterocycles. The van der Waals surface area contributed by atoms with Crippen molar-refractivity contribution in [2.75, 3.05) is 0 Å². The molecule has 0 aliphatic heterocycles. The van der Waals surface area contributed by atoms with E-state index < -0.39 is 30.1 Å². The molecule has 120 valence electrons. The van der Waals surface area contributed by atoms with E-state index in [1.807, 2.05) is 0 Å². The van der Waals surface area contributed by atoms with Gasteiger partial charge in [-0.1, -0.05) is 17.8 Å². The molecule has 0 fully saturated rings. The Balaban J connectivity index is 5.70. The Bertz CT molecular complexity index is 576. The van der Waals surface area contributed by atoms with E-state index in [-0.39, 0.29) is 0 Å². The number of ether oxygens (including phenoxy) is 1. The van der Waals surface area contributed by atoms with Crippen molar-refractivity contribution in [2.24, 2.45) is 0 Å². The lowest BCUT2D eigenvalue weighted by Gasteiger charge is -2.30. The summed E-state index contributed by atoms with van der Waals surface area (Å²) >= 11 is 0. The van der Waals surface area contributed by atoms with E-state index in [4.69, 9.17) is 33.1 Å². The summed E-state index contributed by atoms with van der Waals surface area (Å²) in [4.78, 5) is 12.3. The van der Waals surface area contributed by atoms with Crippen LogP contribution in [0.1, 0.15) is 41.5 Å². The van der Waals surface area contributed by atoms with E-state index in [1.54, 1.807) is 0 Å². The Labute approximate surface area is 132 Å². The molecule has 0 rings (SSSR count). The molecule has 0 atom stereocenters. The second kappa shape index (κ2) is 6.60. The minimum Gasteiger partial charge on any atom is -0.437 e. The molecule has 0 amide bonds. The van der Waals surface area contributed by atoms with Crippen LogP contribution in [0.5, 0.6) is 0 Å². The van der Waals surface area contributed by atoms with Crippen LogP contribution in [0.25, 0.3) is 0 Å². The number of hydrogen-bond acceptors (Lipinski definition) is 5. The average Bonchev–Trinajstić information content (AvgIpc) is 2.37. The van der Waals surface area contributed by atoms with Gasteiger partial charge < -0.3 is 4.74 Å². The highest BCUT2D eigenvalue weighted by Crippen LogP contribution is 2.56. The van der Waals surface area contributed by atoms with Gasteiger partial charge in [0, 0.05) is 0 Å². The van der Waals surface area contributed by atoms with Gasteiger partial charge >= 0.3 is 13.3 Å². The first-order valence-electron chi connectivity index (χ1n) is 6.41. The molecular formula is C16H21O5P. The van der Waals surface area contributed by atoms with Gasteiger partial charge in [0.2, 0.25) is 0 Å². The van der Waals surface area contributed by atoms with Gasteiger partial charge in [-0.05, 0) is 41.5 Å². The third-order valence-electron chi connectivity index (χ3n) is 2.31. The van der Waals surface area contributed by atoms with Gasteiger partial charge in [0.05, 0.1) is 0 Å². The van der Waals surface area contributed by atoms with Crippen molar-refractivity contribution in [3.63, 3.8) is 0 Å². The third-order valence-corrected chi connectivity index (χ3v) is 4.24. The molecule has 0 aromatic carbocycles. The molecule has 0 bridgehead atoms. The van der Waals surface area contributed by atoms with Crippen molar-refractivity contribution in [3.05, 3.63) is 0 Å². The monoisotopic (exact) mass is 324 g/mol. The van der Waals surface area contributed by atoms with Crippen LogP contribution < -0.4 is 0 Å². The Hall–Kier alpha value is -1.70. The predicted molar refractivity (Wildman–Crippen MR) is 85.0 cm³/mol. The fourth-order valence-corrected chi connectivity index (χ4v) is 2.88. The summed E-state index contributed by atoms with van der Waals surface area (Å²) in [5.74, 6) is 6.76. The molecule has 0 unspecified atom stereocenters. The van der Waals surface area contributed by atoms with E-state index >= 15 is 0 Å². The van der Waals surface area contributed by atoms with Crippen LogP contribution in [0.4, 0.5) is 4.79 Å². The SMILES string of the molecule is C#CC(C)(C)OC(=O)P(=O)(OC(C)(C)C#C)OC(C)(C)C#C. The minimum atomic E-state index is -4.44. The normalized spacial score (nSPS) is 12.7. The van der Waals surface area contributed by atoms with E-state index in [0.29, 0.717) is 0 Å². The van der Waals surface area contributed by atoms with Crippen LogP contribution in [0.15, 0.2) is 0 Å². The summed E-state index contributed by atoms with van der Waals surface area (Å²) in [7, 11) is -4.44. The first-order chi connectivity index (χ1) is 9.72. The Morgan fingerprint density at radius 2 is 1.14 bits per heavy atom. The van der Waals surface area contributed by atoms with Crippen molar-refractivity contribution in [1.82, 2.24) is 0 Å². The van der Waals surface area contributed by atoms with Crippen molar-refractivity contribution in [1.29, 1.82) is 0 Å². The van der Waals surface area contributed by atoms with Crippen LogP contribution in [-0.2, 0) is 18.3 Å². The molecular weight excluding hydrogens is 303 g/mol. The van der Waals surface area contributed by atoms with Crippen LogP contribution in [0.2, 0.25) is 0 Å². The largest absolute Gasteiger partial charge is 0.441 e. The maximum Gasteiger partial charge on any atom is 0.441 e. The van der Waals surface area contributed by atoms with Gasteiger partial charge in [0.25, 0.3) is 0 Å². The molecule has 6 heteroatoms. The van der Waals surface area contributed by atoms with E-state index in [1.165, 1.54) is 41.5 Å². The minimum absolute atomic E-state index is 1.25. The molecule has 0 N–H and O–H groups in total. The van der Waals surface area contributed by atoms with Crippen molar-refractivity contribution in [2.45, 2.75) is 58.3 Å². The quantitative estimate of drug-likeness (QED) is 0.552. The number of carbonyl (C=O) groups is 1. The Kier molecular flexibility index (Phi) is 6.09. The molecule has 0 aromatic heterocycles. The smallest absolute Gasteiger partial charge is 0.437 e. The van der Waals surface area contributed by atoms with Crippen LogP contribution in [0, 0.1) is 37.0 Å². The van der Waals surface area contributed by atoms with Crippen LogP contribution in [0.3, 0.4) is 0 Å². The van der Waals surface area contributed by atoms with Gasteiger partial charge in [-0.25, -0.2) is 9.36 Å². The molecule has 0 aromatic rings. The highest BCUT2D eigenvalue weighted by Gasteiger charge is 2.47. The Morgan fingerprint density at radius 1 is 0.818 bits per heavy atom.